The van der Waals surface area contributed by atoms with Crippen LogP contribution < -0.4 is 4.74 Å². The number of rotatable bonds is 3. The number of carbonyl (C=O) groups is 1. The third-order valence-corrected chi connectivity index (χ3v) is 2.71. The highest BCUT2D eigenvalue weighted by atomic mass is 19.1. The Morgan fingerprint density at radius 3 is 2.80 bits per heavy atom. The molecule has 1 aromatic rings. The van der Waals surface area contributed by atoms with Crippen molar-refractivity contribution < 1.29 is 19.0 Å². The van der Waals surface area contributed by atoms with Crippen LogP contribution in [0.1, 0.15) is 17.9 Å². The number of carboxylic acid groups (broad SMARTS) is 1. The molecule has 1 N–H and O–H groups in total. The standard InChI is InChI=1S/C11H11FO3/c1-15-6-2-3-7(10(12)4-6)8-5-9(8)11(13)14/h2-4,8-9H,5H2,1H3,(H,13,14)/t8-,9?/m0/s1. The van der Waals surface area contributed by atoms with Crippen LogP contribution >= 0.6 is 0 Å². The van der Waals surface area contributed by atoms with E-state index in [2.05, 4.69) is 0 Å². The maximum atomic E-state index is 13.5. The van der Waals surface area contributed by atoms with Crippen molar-refractivity contribution in [3.8, 4) is 5.75 Å². The second kappa shape index (κ2) is 3.53. The lowest BCUT2D eigenvalue weighted by molar-refractivity contribution is -0.138. The van der Waals surface area contributed by atoms with Gasteiger partial charge in [0, 0.05) is 12.0 Å². The minimum absolute atomic E-state index is 0.173. The average Bonchev–Trinajstić information content (AvgIpc) is 2.97. The number of methoxy groups -OCH3 is 1. The minimum Gasteiger partial charge on any atom is -0.497 e. The summed E-state index contributed by atoms with van der Waals surface area (Å²) in [6.45, 7) is 0. The fourth-order valence-corrected chi connectivity index (χ4v) is 1.75. The number of carboxylic acids is 1. The van der Waals surface area contributed by atoms with Crippen molar-refractivity contribution in [2.24, 2.45) is 5.92 Å². The van der Waals surface area contributed by atoms with E-state index in [1.165, 1.54) is 13.2 Å². The molecule has 2 atom stereocenters. The van der Waals surface area contributed by atoms with Crippen molar-refractivity contribution in [3.05, 3.63) is 29.6 Å². The molecular weight excluding hydrogens is 199 g/mol. The minimum atomic E-state index is -0.852. The van der Waals surface area contributed by atoms with E-state index in [0.717, 1.165) is 0 Å². The van der Waals surface area contributed by atoms with Gasteiger partial charge in [0.15, 0.2) is 0 Å². The molecule has 1 fully saturated rings. The molecule has 0 bridgehead atoms. The molecular formula is C11H11FO3. The molecule has 15 heavy (non-hydrogen) atoms. The molecule has 4 heteroatoms. The highest BCUT2D eigenvalue weighted by Crippen LogP contribution is 2.48. The van der Waals surface area contributed by atoms with E-state index < -0.39 is 11.9 Å². The van der Waals surface area contributed by atoms with Crippen molar-refractivity contribution in [3.63, 3.8) is 0 Å². The fraction of sp³-hybridized carbons (Fsp3) is 0.364. The van der Waals surface area contributed by atoms with E-state index in [9.17, 15) is 9.18 Å². The zero-order valence-electron chi connectivity index (χ0n) is 8.24. The molecule has 1 aromatic carbocycles. The second-order valence-corrected chi connectivity index (χ2v) is 3.67. The molecule has 0 saturated heterocycles. The highest BCUT2D eigenvalue weighted by molar-refractivity contribution is 5.75. The third-order valence-electron chi connectivity index (χ3n) is 2.71. The summed E-state index contributed by atoms with van der Waals surface area (Å²) in [5.41, 5.74) is 0.475. The van der Waals surface area contributed by atoms with E-state index in [-0.39, 0.29) is 11.7 Å². The molecule has 1 saturated carbocycles. The van der Waals surface area contributed by atoms with Crippen molar-refractivity contribution >= 4 is 5.97 Å². The van der Waals surface area contributed by atoms with Crippen molar-refractivity contribution in [1.29, 1.82) is 0 Å². The third kappa shape index (κ3) is 1.79. The molecule has 3 nitrogen and oxygen atoms in total. The molecule has 0 aliphatic heterocycles. The lowest BCUT2D eigenvalue weighted by Crippen LogP contribution is -2.00. The van der Waals surface area contributed by atoms with Crippen LogP contribution in [0.15, 0.2) is 18.2 Å². The number of benzene rings is 1. The Bertz CT molecular complexity index is 403. The number of hydrogen-bond donors (Lipinski definition) is 1. The van der Waals surface area contributed by atoms with Crippen molar-refractivity contribution in [2.75, 3.05) is 7.11 Å². The fourth-order valence-electron chi connectivity index (χ4n) is 1.75. The van der Waals surface area contributed by atoms with Crippen LogP contribution in [-0.4, -0.2) is 18.2 Å². The molecule has 0 spiro atoms. The number of ether oxygens (including phenoxy) is 1. The molecule has 0 aromatic heterocycles. The summed E-state index contributed by atoms with van der Waals surface area (Å²) >= 11 is 0. The first kappa shape index (κ1) is 9.96. The highest BCUT2D eigenvalue weighted by Gasteiger charge is 2.45. The monoisotopic (exact) mass is 210 g/mol. The zero-order chi connectivity index (χ0) is 11.0. The van der Waals surface area contributed by atoms with Crippen LogP contribution in [0.4, 0.5) is 4.39 Å². The molecule has 1 aliphatic rings. The zero-order valence-corrected chi connectivity index (χ0v) is 8.24. The number of halogens is 1. The molecule has 80 valence electrons. The van der Waals surface area contributed by atoms with Gasteiger partial charge >= 0.3 is 5.97 Å². The van der Waals surface area contributed by atoms with Gasteiger partial charge in [0.05, 0.1) is 13.0 Å². The summed E-state index contributed by atoms with van der Waals surface area (Å²) in [6, 6.07) is 4.53. The van der Waals surface area contributed by atoms with Gasteiger partial charge < -0.3 is 9.84 Å². The Kier molecular flexibility index (Phi) is 2.34. The average molecular weight is 210 g/mol. The van der Waals surface area contributed by atoms with Crippen molar-refractivity contribution in [1.82, 2.24) is 0 Å². The quantitative estimate of drug-likeness (QED) is 0.830. The van der Waals surface area contributed by atoms with Crippen LogP contribution in [0, 0.1) is 11.7 Å². The summed E-state index contributed by atoms with van der Waals surface area (Å²) in [5.74, 6) is -1.39. The Morgan fingerprint density at radius 1 is 1.60 bits per heavy atom. The Labute approximate surface area is 86.5 Å². The maximum absolute atomic E-state index is 13.5. The Balaban J connectivity index is 2.21. The van der Waals surface area contributed by atoms with E-state index in [1.54, 1.807) is 12.1 Å². The number of aliphatic carboxylic acids is 1. The Morgan fingerprint density at radius 2 is 2.33 bits per heavy atom. The lowest BCUT2D eigenvalue weighted by Gasteiger charge is -2.04. The van der Waals surface area contributed by atoms with E-state index >= 15 is 0 Å². The smallest absolute Gasteiger partial charge is 0.307 e. The first-order valence-electron chi connectivity index (χ1n) is 4.69. The van der Waals surface area contributed by atoms with Crippen LogP contribution in [0.3, 0.4) is 0 Å². The van der Waals surface area contributed by atoms with Gasteiger partial charge in [0.2, 0.25) is 0 Å². The summed E-state index contributed by atoms with van der Waals surface area (Å²) < 4.78 is 18.4. The molecule has 0 heterocycles. The SMILES string of the molecule is COc1ccc([C@@H]2CC2C(=O)O)c(F)c1. The normalized spacial score (nSPS) is 23.6. The van der Waals surface area contributed by atoms with Crippen LogP contribution in [0.2, 0.25) is 0 Å². The maximum Gasteiger partial charge on any atom is 0.307 e. The largest absolute Gasteiger partial charge is 0.497 e. The molecule has 0 radical (unpaired) electrons. The molecule has 1 unspecified atom stereocenters. The van der Waals surface area contributed by atoms with E-state index in [1.807, 2.05) is 0 Å². The topological polar surface area (TPSA) is 46.5 Å². The van der Waals surface area contributed by atoms with Crippen LogP contribution in [0.5, 0.6) is 5.75 Å². The van der Waals surface area contributed by atoms with Gasteiger partial charge in [0.1, 0.15) is 11.6 Å². The van der Waals surface area contributed by atoms with Gasteiger partial charge in [-0.1, -0.05) is 6.07 Å². The van der Waals surface area contributed by atoms with E-state index in [0.29, 0.717) is 17.7 Å². The summed E-state index contributed by atoms with van der Waals surface area (Å²) in [7, 11) is 1.46. The molecule has 1 aliphatic carbocycles. The first-order valence-corrected chi connectivity index (χ1v) is 4.69. The van der Waals surface area contributed by atoms with E-state index in [4.69, 9.17) is 9.84 Å². The van der Waals surface area contributed by atoms with Crippen LogP contribution in [0.25, 0.3) is 0 Å². The second-order valence-electron chi connectivity index (χ2n) is 3.67. The van der Waals surface area contributed by atoms with Gasteiger partial charge in [-0.05, 0) is 18.1 Å². The molecule has 0 amide bonds. The predicted octanol–water partition coefficient (Wildman–Crippen LogP) is 2.02. The summed E-state index contributed by atoms with van der Waals surface area (Å²) in [5, 5.41) is 8.73. The first-order chi connectivity index (χ1) is 7.13. The van der Waals surface area contributed by atoms with Gasteiger partial charge in [-0.3, -0.25) is 4.79 Å². The van der Waals surface area contributed by atoms with Gasteiger partial charge in [0.25, 0.3) is 0 Å². The van der Waals surface area contributed by atoms with Gasteiger partial charge in [-0.2, -0.15) is 0 Å². The van der Waals surface area contributed by atoms with Crippen LogP contribution in [-0.2, 0) is 4.79 Å². The predicted molar refractivity (Wildman–Crippen MR) is 51.4 cm³/mol. The van der Waals surface area contributed by atoms with Crippen molar-refractivity contribution in [2.45, 2.75) is 12.3 Å². The molecule has 2 rings (SSSR count). The van der Waals surface area contributed by atoms with Gasteiger partial charge in [-0.25, -0.2) is 4.39 Å². The Hall–Kier alpha value is -1.58. The van der Waals surface area contributed by atoms with Gasteiger partial charge in [-0.15, -0.1) is 0 Å². The number of hydrogen-bond acceptors (Lipinski definition) is 2. The summed E-state index contributed by atoms with van der Waals surface area (Å²) in [6.07, 6.45) is 0.526. The summed E-state index contributed by atoms with van der Waals surface area (Å²) in [4.78, 5) is 10.6. The lowest BCUT2D eigenvalue weighted by atomic mass is 10.1.